The number of carboxylic acids is 1. The van der Waals surface area contributed by atoms with E-state index in [1.54, 1.807) is 24.3 Å². The Hall–Kier alpha value is -2.67. The van der Waals surface area contributed by atoms with Gasteiger partial charge in [-0.05, 0) is 6.07 Å². The molecule has 0 aliphatic carbocycles. The lowest BCUT2D eigenvalue weighted by atomic mass is 10.0. The lowest BCUT2D eigenvalue weighted by molar-refractivity contribution is -0.137. The van der Waals surface area contributed by atoms with Crippen molar-refractivity contribution in [1.29, 1.82) is 0 Å². The van der Waals surface area contributed by atoms with Crippen molar-refractivity contribution in [2.75, 3.05) is 7.11 Å². The zero-order valence-corrected chi connectivity index (χ0v) is 10.5. The number of benzene rings is 1. The minimum absolute atomic E-state index is 0.110. The van der Waals surface area contributed by atoms with E-state index in [1.807, 2.05) is 0 Å². The molecule has 0 aliphatic heterocycles. The van der Waals surface area contributed by atoms with Crippen LogP contribution in [0.1, 0.15) is 10.5 Å². The summed E-state index contributed by atoms with van der Waals surface area (Å²) >= 11 is 0. The maximum atomic E-state index is 11.9. The fourth-order valence-electron chi connectivity index (χ4n) is 1.81. The number of carbonyl (C=O) groups excluding carboxylic acids is 1. The van der Waals surface area contributed by atoms with Gasteiger partial charge in [0.15, 0.2) is 17.5 Å². The molecule has 1 unspecified atom stereocenters. The van der Waals surface area contributed by atoms with Gasteiger partial charge in [-0.25, -0.2) is 4.98 Å². The van der Waals surface area contributed by atoms with Crippen molar-refractivity contribution >= 4 is 22.5 Å². The van der Waals surface area contributed by atoms with E-state index in [1.165, 1.54) is 7.11 Å². The minimum atomic E-state index is -1.79. The summed E-state index contributed by atoms with van der Waals surface area (Å²) < 4.78 is 5.05. The number of pyridine rings is 1. The van der Waals surface area contributed by atoms with Crippen LogP contribution in [0.25, 0.3) is 10.8 Å². The highest BCUT2D eigenvalue weighted by atomic mass is 16.5. The molecule has 4 N–H and O–H groups in total. The number of carboxylic acid groups (broad SMARTS) is 1. The molecule has 0 spiro atoms. The van der Waals surface area contributed by atoms with Crippen LogP contribution in [-0.2, 0) is 4.79 Å². The lowest BCUT2D eigenvalue weighted by Crippen LogP contribution is -2.38. The normalized spacial score (nSPS) is 12.1. The minimum Gasteiger partial charge on any atom is -0.505 e. The van der Waals surface area contributed by atoms with Gasteiger partial charge < -0.3 is 20.7 Å². The maximum Gasteiger partial charge on any atom is 0.328 e. The third-order valence-electron chi connectivity index (χ3n) is 2.83. The first-order chi connectivity index (χ1) is 9.47. The van der Waals surface area contributed by atoms with Crippen LogP contribution in [0.15, 0.2) is 24.3 Å². The van der Waals surface area contributed by atoms with Gasteiger partial charge in [0.05, 0.1) is 7.11 Å². The van der Waals surface area contributed by atoms with Crippen LogP contribution in [-0.4, -0.2) is 40.1 Å². The van der Waals surface area contributed by atoms with Gasteiger partial charge in [-0.3, -0.25) is 9.59 Å². The van der Waals surface area contributed by atoms with E-state index in [0.717, 1.165) is 0 Å². The molecule has 104 valence electrons. The summed E-state index contributed by atoms with van der Waals surface area (Å²) in [7, 11) is 1.36. The molecular weight excluding hydrogens is 264 g/mol. The predicted octanol–water partition coefficient (Wildman–Crippen LogP) is 0.544. The number of fused-ring (bicyclic) bond motifs is 1. The van der Waals surface area contributed by atoms with E-state index in [-0.39, 0.29) is 5.88 Å². The molecule has 0 bridgehead atoms. The summed E-state index contributed by atoms with van der Waals surface area (Å²) in [5.74, 6) is -2.79. The van der Waals surface area contributed by atoms with E-state index >= 15 is 0 Å². The Labute approximate surface area is 113 Å². The lowest BCUT2D eigenvalue weighted by Gasteiger charge is -2.11. The number of rotatable bonds is 4. The van der Waals surface area contributed by atoms with Crippen molar-refractivity contribution in [3.63, 3.8) is 0 Å². The summed E-state index contributed by atoms with van der Waals surface area (Å²) in [4.78, 5) is 26.5. The fourth-order valence-corrected chi connectivity index (χ4v) is 1.81. The largest absolute Gasteiger partial charge is 0.505 e. The Morgan fingerprint density at radius 2 is 1.90 bits per heavy atom. The van der Waals surface area contributed by atoms with Crippen molar-refractivity contribution in [3.8, 4) is 11.6 Å². The first-order valence-corrected chi connectivity index (χ1v) is 5.65. The average molecular weight is 276 g/mol. The number of nitrogens with two attached hydrogens (primary N) is 1. The van der Waals surface area contributed by atoms with Crippen molar-refractivity contribution in [1.82, 2.24) is 4.98 Å². The molecule has 2 aromatic rings. The van der Waals surface area contributed by atoms with E-state index in [0.29, 0.717) is 10.8 Å². The number of methoxy groups -OCH3 is 1. The topological polar surface area (TPSA) is 123 Å². The van der Waals surface area contributed by atoms with Gasteiger partial charge in [0, 0.05) is 10.8 Å². The molecule has 7 nitrogen and oxygen atoms in total. The highest BCUT2D eigenvalue weighted by Gasteiger charge is 2.28. The number of carbonyl (C=O) groups is 2. The third-order valence-corrected chi connectivity index (χ3v) is 2.83. The van der Waals surface area contributed by atoms with E-state index in [2.05, 4.69) is 4.98 Å². The van der Waals surface area contributed by atoms with Gasteiger partial charge in [0.1, 0.15) is 0 Å². The molecule has 0 radical (unpaired) electrons. The molecule has 20 heavy (non-hydrogen) atoms. The molecule has 0 fully saturated rings. The Morgan fingerprint density at radius 1 is 1.30 bits per heavy atom. The summed E-state index contributed by atoms with van der Waals surface area (Å²) in [6, 6.07) is 4.81. The predicted molar refractivity (Wildman–Crippen MR) is 69.9 cm³/mol. The number of hydrogen-bond donors (Lipinski definition) is 3. The summed E-state index contributed by atoms with van der Waals surface area (Å²) in [6.07, 6.45) is 0. The van der Waals surface area contributed by atoms with Crippen LogP contribution in [0.4, 0.5) is 0 Å². The van der Waals surface area contributed by atoms with E-state index in [9.17, 15) is 14.7 Å². The van der Waals surface area contributed by atoms with Gasteiger partial charge in [-0.1, -0.05) is 18.2 Å². The van der Waals surface area contributed by atoms with Crippen molar-refractivity contribution < 1.29 is 24.5 Å². The number of hydrogen-bond acceptors (Lipinski definition) is 6. The molecule has 1 aromatic carbocycles. The third kappa shape index (κ3) is 2.14. The molecule has 1 heterocycles. The van der Waals surface area contributed by atoms with Crippen LogP contribution >= 0.6 is 0 Å². The van der Waals surface area contributed by atoms with Crippen LogP contribution < -0.4 is 10.5 Å². The monoisotopic (exact) mass is 276 g/mol. The summed E-state index contributed by atoms with van der Waals surface area (Å²) in [5.41, 5.74) is 4.83. The Kier molecular flexibility index (Phi) is 3.53. The average Bonchev–Trinajstić information content (AvgIpc) is 2.46. The number of nitrogens with zero attached hydrogens (tertiary/aromatic N) is 1. The first kappa shape index (κ1) is 13.8. The fraction of sp³-hybridized carbons (Fsp3) is 0.154. The van der Waals surface area contributed by atoms with Crippen LogP contribution in [0, 0.1) is 0 Å². The smallest absolute Gasteiger partial charge is 0.328 e. The summed E-state index contributed by atoms with van der Waals surface area (Å²) in [5, 5.41) is 19.7. The van der Waals surface area contributed by atoms with Crippen molar-refractivity contribution in [2.24, 2.45) is 5.73 Å². The molecule has 1 atom stereocenters. The second kappa shape index (κ2) is 5.14. The molecule has 0 saturated carbocycles. The molecule has 7 heteroatoms. The maximum absolute atomic E-state index is 11.9. The van der Waals surface area contributed by atoms with Gasteiger partial charge in [0.25, 0.3) is 0 Å². The van der Waals surface area contributed by atoms with Crippen LogP contribution in [0.3, 0.4) is 0 Å². The first-order valence-electron chi connectivity index (χ1n) is 5.65. The zero-order chi connectivity index (χ0) is 14.9. The number of ketones is 1. The van der Waals surface area contributed by atoms with Crippen LogP contribution in [0.5, 0.6) is 11.6 Å². The molecular formula is C13H12N2O5. The Morgan fingerprint density at radius 3 is 2.45 bits per heavy atom. The van der Waals surface area contributed by atoms with E-state index < -0.39 is 29.2 Å². The van der Waals surface area contributed by atoms with Crippen molar-refractivity contribution in [3.05, 3.63) is 30.0 Å². The standard InChI is InChI=1S/C13H12N2O5/c1-20-12-7-5-3-2-4-6(7)10(16)9(15-12)11(17)8(14)13(18)19/h2-5,8,16H,14H2,1H3,(H,18,19). The SMILES string of the molecule is COc1nc(C(=O)C(N)C(=O)O)c(O)c2ccccc12. The van der Waals surface area contributed by atoms with E-state index in [4.69, 9.17) is 15.6 Å². The van der Waals surface area contributed by atoms with Crippen LogP contribution in [0.2, 0.25) is 0 Å². The summed E-state index contributed by atoms with van der Waals surface area (Å²) in [6.45, 7) is 0. The second-order valence-corrected chi connectivity index (χ2v) is 4.04. The molecule has 1 aromatic heterocycles. The number of aromatic nitrogens is 1. The van der Waals surface area contributed by atoms with Gasteiger partial charge >= 0.3 is 5.97 Å². The van der Waals surface area contributed by atoms with Crippen molar-refractivity contribution in [2.45, 2.75) is 6.04 Å². The number of aromatic hydroxyl groups is 1. The Bertz CT molecular complexity index is 698. The number of ether oxygens (including phenoxy) is 1. The highest BCUT2D eigenvalue weighted by Crippen LogP contribution is 2.33. The molecule has 0 aliphatic rings. The number of Topliss-reactive ketones (excluding diaryl/α,β-unsaturated/α-hetero) is 1. The van der Waals surface area contributed by atoms with Gasteiger partial charge in [0.2, 0.25) is 11.7 Å². The second-order valence-electron chi connectivity index (χ2n) is 4.04. The number of aliphatic carboxylic acids is 1. The van der Waals surface area contributed by atoms with Gasteiger partial charge in [-0.15, -0.1) is 0 Å². The zero-order valence-electron chi connectivity index (χ0n) is 10.5. The molecule has 2 rings (SSSR count). The molecule has 0 saturated heterocycles. The highest BCUT2D eigenvalue weighted by molar-refractivity contribution is 6.14. The quantitative estimate of drug-likeness (QED) is 0.550. The Balaban J connectivity index is 2.69. The van der Waals surface area contributed by atoms with Gasteiger partial charge in [-0.2, -0.15) is 0 Å². The molecule has 0 amide bonds.